The maximum atomic E-state index is 12.5. The third kappa shape index (κ3) is 16.8. The van der Waals surface area contributed by atoms with E-state index in [1.54, 1.807) is 32.9 Å². The van der Waals surface area contributed by atoms with Gasteiger partial charge < -0.3 is 39.1 Å². The Labute approximate surface area is 565 Å². The average Bonchev–Trinajstić information content (AvgIpc) is 1.65. The first kappa shape index (κ1) is 73.1. The third-order valence-electron chi connectivity index (χ3n) is 14.3. The van der Waals surface area contributed by atoms with Crippen LogP contribution in [0, 0.1) is 61.8 Å². The molecule has 0 fully saturated rings. The van der Waals surface area contributed by atoms with E-state index in [1.807, 2.05) is 123 Å². The van der Waals surface area contributed by atoms with Crippen molar-refractivity contribution in [2.45, 2.75) is 89.9 Å². The number of nitro benzene ring substituents is 2. The number of non-ortho nitro benzene ring substituents is 2. The van der Waals surface area contributed by atoms with Gasteiger partial charge in [0.1, 0.15) is 28.3 Å². The number of nitrogen functional groups attached to an aromatic ring is 1. The summed E-state index contributed by atoms with van der Waals surface area (Å²) in [5.74, 6) is 3.39. The fraction of sp³-hybridized carbons (Fsp3) is 0.238. The van der Waals surface area contributed by atoms with Crippen molar-refractivity contribution in [1.82, 2.24) is 44.1 Å². The number of anilines is 3. The van der Waals surface area contributed by atoms with Gasteiger partial charge in [0.15, 0.2) is 5.52 Å². The molecule has 6 heterocycles. The molecule has 93 heavy (non-hydrogen) atoms. The van der Waals surface area contributed by atoms with Crippen molar-refractivity contribution in [1.29, 1.82) is 0 Å². The summed E-state index contributed by atoms with van der Waals surface area (Å²) in [6.45, 7) is 18.0. The summed E-state index contributed by atoms with van der Waals surface area (Å²) in [6, 6.07) is 40.5. The number of imidazole rings is 3. The van der Waals surface area contributed by atoms with Gasteiger partial charge in [-0.25, -0.2) is 14.8 Å². The monoisotopic (exact) mass is 1320 g/mol. The van der Waals surface area contributed by atoms with Crippen LogP contribution in [0.4, 0.5) is 29.0 Å². The number of hydrogen-bond acceptors (Lipinski definition) is 20. The van der Waals surface area contributed by atoms with Crippen molar-refractivity contribution >= 4 is 124 Å². The molecule has 6 aromatic carbocycles. The van der Waals surface area contributed by atoms with Gasteiger partial charge in [-0.2, -0.15) is 16.8 Å². The minimum atomic E-state index is -2.95. The number of nitrogens with zero attached hydrogens (tertiary/aromatic N) is 10. The normalized spacial score (nSPS) is 10.5. The number of aryl methyl sites for hydroxylation is 6. The molecule has 0 unspecified atom stereocenters. The van der Waals surface area contributed by atoms with Crippen molar-refractivity contribution in [2.24, 2.45) is 0 Å². The van der Waals surface area contributed by atoms with Crippen molar-refractivity contribution in [3.63, 3.8) is 0 Å². The molecule has 0 aliphatic heterocycles. The van der Waals surface area contributed by atoms with Gasteiger partial charge >= 0.3 is 67.8 Å². The van der Waals surface area contributed by atoms with E-state index >= 15 is 0 Å². The van der Waals surface area contributed by atoms with Gasteiger partial charge in [0.2, 0.25) is 11.9 Å². The Kier molecular flexibility index (Phi) is 25.9. The molecular formula is C63H68N14Na2O12S2. The number of aromatic nitrogens is 9. The topological polar surface area (TPSA) is 356 Å². The SMILES string of the molecule is C.C.CCNc1nc2c(N)cc(-c3c(C)noc3C)cc2n1Cc1ccccc1.CCNc1nc2c([N+](=O)[O-])cc(-c3c(C)noc3C)cc2n1Cc1ccccc1.Cc1noc(C)c1-c1cc([N+](=O)[O-])c2[nH]c(=O)n(Cc3ccccc3)c2c1.O=S(=O)=S(=O)=O.[Na][Na]. The molecule has 0 bridgehead atoms. The second-order valence-electron chi connectivity index (χ2n) is 20.3. The first-order chi connectivity index (χ1) is 43.7. The van der Waals surface area contributed by atoms with Gasteiger partial charge in [0.25, 0.3) is 11.4 Å². The summed E-state index contributed by atoms with van der Waals surface area (Å²) in [5.41, 5.74) is 20.1. The zero-order valence-corrected chi connectivity index (χ0v) is 57.1. The Morgan fingerprint density at radius 3 is 1.23 bits per heavy atom. The van der Waals surface area contributed by atoms with E-state index in [0.717, 1.165) is 62.8 Å². The number of nitrogens with one attached hydrogen (secondary N) is 3. The molecule has 0 radical (unpaired) electrons. The second kappa shape index (κ2) is 33.0. The first-order valence-electron chi connectivity index (χ1n) is 28.6. The molecule has 0 spiro atoms. The Morgan fingerprint density at radius 2 is 0.871 bits per heavy atom. The van der Waals surface area contributed by atoms with Crippen LogP contribution >= 0.6 is 0 Å². The molecule has 476 valence electrons. The van der Waals surface area contributed by atoms with E-state index in [4.69, 9.17) is 41.1 Å². The fourth-order valence-electron chi connectivity index (χ4n) is 10.5. The average molecular weight is 1320 g/mol. The molecule has 5 N–H and O–H groups in total. The predicted octanol–water partition coefficient (Wildman–Crippen LogP) is 11.8. The number of benzene rings is 6. The van der Waals surface area contributed by atoms with Gasteiger partial charge in [-0.15, -0.1) is 0 Å². The number of nitro groups is 2. The van der Waals surface area contributed by atoms with E-state index in [2.05, 4.69) is 65.8 Å². The van der Waals surface area contributed by atoms with Crippen molar-refractivity contribution in [3.05, 3.63) is 209 Å². The van der Waals surface area contributed by atoms with Crippen molar-refractivity contribution in [2.75, 3.05) is 29.5 Å². The second-order valence-corrected chi connectivity index (χ2v) is 22.7. The van der Waals surface area contributed by atoms with Gasteiger partial charge in [0.05, 0.1) is 68.8 Å². The fourth-order valence-corrected chi connectivity index (χ4v) is 10.5. The summed E-state index contributed by atoms with van der Waals surface area (Å²) in [6.07, 6.45) is 0. The Morgan fingerprint density at radius 1 is 0.527 bits per heavy atom. The van der Waals surface area contributed by atoms with Gasteiger partial charge in [-0.1, -0.05) is 121 Å². The summed E-state index contributed by atoms with van der Waals surface area (Å²) in [5, 5.41) is 42.0. The molecule has 26 nitrogen and oxygen atoms in total. The quantitative estimate of drug-likeness (QED) is 0.0320. The summed E-state index contributed by atoms with van der Waals surface area (Å²) >= 11 is 2.89. The molecule has 12 aromatic rings. The van der Waals surface area contributed by atoms with E-state index in [-0.39, 0.29) is 36.7 Å². The van der Waals surface area contributed by atoms with Crippen molar-refractivity contribution in [3.8, 4) is 33.4 Å². The number of fused-ring (bicyclic) bond motifs is 3. The van der Waals surface area contributed by atoms with Crippen LogP contribution in [0.3, 0.4) is 0 Å². The van der Waals surface area contributed by atoms with Crippen LogP contribution in [-0.4, -0.2) is 128 Å². The number of aromatic amines is 1. The van der Waals surface area contributed by atoms with Gasteiger partial charge in [-0.05, 0) is 113 Å². The number of rotatable bonds is 15. The number of hydrogen-bond donors (Lipinski definition) is 4. The summed E-state index contributed by atoms with van der Waals surface area (Å²) in [7, 11) is -5.90. The van der Waals surface area contributed by atoms with Crippen LogP contribution in [-0.2, 0) is 38.2 Å². The molecule has 6 aromatic heterocycles. The zero-order valence-electron chi connectivity index (χ0n) is 51.4. The maximum absolute atomic E-state index is 12.5. The molecule has 0 aliphatic carbocycles. The summed E-state index contributed by atoms with van der Waals surface area (Å²) in [4.78, 5) is 47.0. The first-order valence-corrected chi connectivity index (χ1v) is 39.3. The molecular weight excluding hydrogens is 1250 g/mol. The zero-order chi connectivity index (χ0) is 65.8. The van der Waals surface area contributed by atoms with E-state index in [0.29, 0.717) is 94.0 Å². The van der Waals surface area contributed by atoms with Crippen molar-refractivity contribution < 1.29 is 40.3 Å². The van der Waals surface area contributed by atoms with E-state index < -0.39 is 29.1 Å². The standard InChI is InChI=1S/C21H21N5O3.C21H23N5O.C19H16N4O4.2CH4.2Na.O4S2/c1-4-22-21-23-20-17(25(21)12-15-8-6-5-7-9-15)10-16(11-18(20)26(27)28)19-13(2)24-29-14(19)3;1-4-23-21-24-20-17(22)10-16(19-13(2)25-27-14(19)3)11-18(20)26(21)12-15-8-6-5-7-9-15;1-11-17(12(2)27-21-11)14-8-15-18(16(9-14)23(25)26)20-19(24)22(15)10-13-6-4-3-5-7-13;;;;;1-5(2)6(3)4/h5-11H,4,12H2,1-3H3,(H,22,23);5-11H,4,12,22H2,1-3H3,(H,23,24);3-9H,10H2,1-2H3,(H,20,24);2*1H4;;;. The van der Waals surface area contributed by atoms with Crippen LogP contribution < -0.4 is 22.1 Å². The van der Waals surface area contributed by atoms with E-state index in [9.17, 15) is 25.0 Å². The van der Waals surface area contributed by atoms with Crippen LogP contribution in [0.5, 0.6) is 0 Å². The molecule has 30 heteroatoms. The molecule has 0 saturated carbocycles. The van der Waals surface area contributed by atoms with Crippen LogP contribution in [0.1, 0.15) is 79.8 Å². The van der Waals surface area contributed by atoms with Crippen LogP contribution in [0.2, 0.25) is 0 Å². The number of nitrogens with two attached hydrogens (primary N) is 1. The Bertz CT molecular complexity index is 4840. The predicted molar refractivity (Wildman–Crippen MR) is 362 cm³/mol. The number of H-pyrrole nitrogens is 1. The van der Waals surface area contributed by atoms with E-state index in [1.165, 1.54) is 59.8 Å². The third-order valence-corrected chi connectivity index (χ3v) is 15.2. The molecule has 0 aliphatic rings. The molecule has 0 amide bonds. The Hall–Kier alpha value is -9.00. The molecule has 0 saturated heterocycles. The Balaban J connectivity index is 0.000000207. The summed E-state index contributed by atoms with van der Waals surface area (Å²) < 4.78 is 57.8. The van der Waals surface area contributed by atoms with Crippen LogP contribution in [0.15, 0.2) is 146 Å². The molecule has 12 rings (SSSR count). The van der Waals surface area contributed by atoms with Gasteiger partial charge in [-0.3, -0.25) is 29.8 Å². The molecule has 0 atom stereocenters. The minimum absolute atomic E-state index is 0. The van der Waals surface area contributed by atoms with Gasteiger partial charge in [0, 0.05) is 41.9 Å². The van der Waals surface area contributed by atoms with Crippen LogP contribution in [0.25, 0.3) is 66.5 Å².